The number of oxime groups is 1. The van der Waals surface area contributed by atoms with Gasteiger partial charge in [0.1, 0.15) is 5.82 Å². The van der Waals surface area contributed by atoms with E-state index in [4.69, 9.17) is 35.4 Å². The molecule has 0 bridgehead atoms. The molecule has 1 aromatic carbocycles. The van der Waals surface area contributed by atoms with Crippen LogP contribution in [0.15, 0.2) is 26.9 Å². The summed E-state index contributed by atoms with van der Waals surface area (Å²) in [5.41, 5.74) is -2.94. The van der Waals surface area contributed by atoms with Gasteiger partial charge in [0.15, 0.2) is 4.77 Å². The first-order valence-corrected chi connectivity index (χ1v) is 9.18. The number of benzene rings is 1. The van der Waals surface area contributed by atoms with Crippen LogP contribution in [0.2, 0.25) is 5.02 Å². The van der Waals surface area contributed by atoms with E-state index < -0.39 is 50.6 Å². The zero-order valence-corrected chi connectivity index (χ0v) is 18.0. The third-order valence-corrected chi connectivity index (χ3v) is 4.76. The third kappa shape index (κ3) is 4.50. The highest BCUT2D eigenvalue weighted by Gasteiger charge is 2.21. The molecule has 1 aromatic heterocycles. The molecule has 0 spiro atoms. The second-order valence-electron chi connectivity index (χ2n) is 5.57. The van der Waals surface area contributed by atoms with Crippen LogP contribution in [0.1, 0.15) is 17.3 Å². The fourth-order valence-electron chi connectivity index (χ4n) is 2.20. The van der Waals surface area contributed by atoms with Crippen molar-refractivity contribution < 1.29 is 23.6 Å². The Morgan fingerprint density at radius 1 is 1.20 bits per heavy atom. The molecule has 0 saturated heterocycles. The van der Waals surface area contributed by atoms with E-state index in [1.165, 1.54) is 21.0 Å². The molecule has 1 heterocycles. The van der Waals surface area contributed by atoms with E-state index in [-0.39, 0.29) is 11.4 Å². The Kier molecular flexibility index (Phi) is 7.29. The monoisotopic (exact) mass is 478 g/mol. The molecular weight excluding hydrogens is 466 g/mol. The lowest BCUT2D eigenvalue weighted by atomic mass is 10.2. The van der Waals surface area contributed by atoms with Crippen LogP contribution in [0.3, 0.4) is 0 Å². The summed E-state index contributed by atoms with van der Waals surface area (Å²) in [7, 11) is 2.57. The maximum absolute atomic E-state index is 14.5. The van der Waals surface area contributed by atoms with E-state index in [1.54, 1.807) is 0 Å². The molecule has 14 heteroatoms. The van der Waals surface area contributed by atoms with Gasteiger partial charge in [-0.1, -0.05) is 28.4 Å². The van der Waals surface area contributed by atoms with Gasteiger partial charge in [-0.25, -0.2) is 28.1 Å². The first-order chi connectivity index (χ1) is 14.0. The van der Waals surface area contributed by atoms with Crippen molar-refractivity contribution in [1.82, 2.24) is 13.7 Å². The highest BCUT2D eigenvalue weighted by Crippen LogP contribution is 2.23. The molecule has 0 aliphatic rings. The van der Waals surface area contributed by atoms with Crippen molar-refractivity contribution in [3.8, 4) is 5.69 Å². The Bertz CT molecular complexity index is 1210. The summed E-state index contributed by atoms with van der Waals surface area (Å²) in [4.78, 5) is 53.1. The molecule has 10 nitrogen and oxygen atoms in total. The van der Waals surface area contributed by atoms with Gasteiger partial charge < -0.3 is 9.57 Å². The summed E-state index contributed by atoms with van der Waals surface area (Å²) >= 11 is 16.4. The lowest BCUT2D eigenvalue weighted by molar-refractivity contribution is -0.134. The van der Waals surface area contributed by atoms with Crippen LogP contribution in [0.25, 0.3) is 5.69 Å². The minimum atomic E-state index is -1.24. The van der Waals surface area contributed by atoms with Crippen molar-refractivity contribution in [1.29, 1.82) is 0 Å². The molecule has 30 heavy (non-hydrogen) atoms. The third-order valence-electron chi connectivity index (χ3n) is 3.68. The molecule has 0 amide bonds. The Morgan fingerprint density at radius 2 is 1.77 bits per heavy atom. The standard InChI is InChI=1S/C16H13Cl2FN4O6S/c1-4-28-13(25)11(18)20-29-12(24)7-5-10(9(19)6-8(7)17)23-14(26)21(2)16(30)22(3)15(23)27/h5-6H,4H2,1-3H3/b20-11-. The number of halogens is 3. The Morgan fingerprint density at radius 3 is 2.30 bits per heavy atom. The van der Waals surface area contributed by atoms with E-state index in [0.717, 1.165) is 15.2 Å². The molecule has 0 aliphatic heterocycles. The Hall–Kier alpha value is -2.83. The molecule has 0 saturated carbocycles. The van der Waals surface area contributed by atoms with Crippen LogP contribution in [-0.2, 0) is 28.5 Å². The second-order valence-corrected chi connectivity index (χ2v) is 6.70. The van der Waals surface area contributed by atoms with Crippen molar-refractivity contribution in [2.24, 2.45) is 19.3 Å². The molecule has 2 rings (SSSR count). The molecule has 160 valence electrons. The number of ether oxygens (including phenoxy) is 1. The number of hydrogen-bond donors (Lipinski definition) is 0. The SMILES string of the molecule is CCOC(=O)/C(Cl)=N/OC(=O)c1cc(-n2c(=O)n(C)c(=S)n(C)c2=O)c(F)cc1Cl. The normalized spacial score (nSPS) is 11.3. The van der Waals surface area contributed by atoms with E-state index in [1.807, 2.05) is 0 Å². The van der Waals surface area contributed by atoms with Crippen molar-refractivity contribution >= 4 is 52.5 Å². The molecular formula is C16H13Cl2FN4O6S. The fraction of sp³-hybridized carbons (Fsp3) is 0.250. The minimum absolute atomic E-state index is 0.00981. The van der Waals surface area contributed by atoms with Crippen molar-refractivity contribution in [3.63, 3.8) is 0 Å². The molecule has 2 aromatic rings. The second kappa shape index (κ2) is 9.32. The lowest BCUT2D eigenvalue weighted by Crippen LogP contribution is -2.43. The molecule has 0 unspecified atom stereocenters. The van der Waals surface area contributed by atoms with Gasteiger partial charge in [-0.15, -0.1) is 0 Å². The maximum atomic E-state index is 14.5. The summed E-state index contributed by atoms with van der Waals surface area (Å²) < 4.78 is 21.3. The Labute approximate surface area is 182 Å². The summed E-state index contributed by atoms with van der Waals surface area (Å²) in [5, 5.41) is 1.93. The van der Waals surface area contributed by atoms with Crippen molar-refractivity contribution in [2.75, 3.05) is 6.61 Å². The van der Waals surface area contributed by atoms with Gasteiger partial charge in [0.2, 0.25) is 0 Å². The first kappa shape index (κ1) is 23.4. The van der Waals surface area contributed by atoms with Crippen LogP contribution < -0.4 is 11.4 Å². The zero-order chi connectivity index (χ0) is 22.7. The average molecular weight is 479 g/mol. The number of rotatable bonds is 5. The van der Waals surface area contributed by atoms with Crippen LogP contribution in [0, 0.1) is 10.6 Å². The molecule has 0 aliphatic carbocycles. The zero-order valence-electron chi connectivity index (χ0n) is 15.6. The lowest BCUT2D eigenvalue weighted by Gasteiger charge is -2.12. The summed E-state index contributed by atoms with van der Waals surface area (Å²) in [6, 6.07) is 1.53. The molecule has 0 fully saturated rings. The number of carbonyl (C=O) groups excluding carboxylic acids is 2. The van der Waals surface area contributed by atoms with Crippen LogP contribution >= 0.6 is 35.4 Å². The Balaban J connectivity index is 2.58. The number of hydrogen-bond acceptors (Lipinski definition) is 8. The smallest absolute Gasteiger partial charge is 0.372 e. The molecule has 0 radical (unpaired) electrons. The topological polar surface area (TPSA) is 114 Å². The summed E-state index contributed by atoms with van der Waals surface area (Å²) in [5.74, 6) is -3.34. The van der Waals surface area contributed by atoms with Crippen molar-refractivity contribution in [2.45, 2.75) is 6.92 Å². The van der Waals surface area contributed by atoms with Gasteiger partial charge >= 0.3 is 23.3 Å². The highest BCUT2D eigenvalue weighted by atomic mass is 35.5. The van der Waals surface area contributed by atoms with Crippen LogP contribution in [0.5, 0.6) is 0 Å². The first-order valence-electron chi connectivity index (χ1n) is 8.01. The predicted molar refractivity (Wildman–Crippen MR) is 107 cm³/mol. The molecule has 0 atom stereocenters. The largest absolute Gasteiger partial charge is 0.461 e. The van der Waals surface area contributed by atoms with E-state index in [0.29, 0.717) is 10.6 Å². The average Bonchev–Trinajstić information content (AvgIpc) is 2.70. The van der Waals surface area contributed by atoms with Crippen LogP contribution in [0.4, 0.5) is 4.39 Å². The summed E-state index contributed by atoms with van der Waals surface area (Å²) in [6.07, 6.45) is 0. The van der Waals surface area contributed by atoms with Crippen molar-refractivity contribution in [3.05, 3.63) is 54.3 Å². The van der Waals surface area contributed by atoms with E-state index in [2.05, 4.69) is 14.7 Å². The number of esters is 1. The quantitative estimate of drug-likeness (QED) is 0.211. The number of nitrogens with zero attached hydrogens (tertiary/aromatic N) is 4. The van der Waals surface area contributed by atoms with E-state index >= 15 is 0 Å². The number of carbonyl (C=O) groups is 2. The van der Waals surface area contributed by atoms with E-state index in [9.17, 15) is 23.6 Å². The van der Waals surface area contributed by atoms with Gasteiger partial charge in [-0.3, -0.25) is 9.13 Å². The fourth-order valence-corrected chi connectivity index (χ4v) is 2.67. The maximum Gasteiger partial charge on any atom is 0.372 e. The van der Waals surface area contributed by atoms with Gasteiger partial charge in [0.05, 0.1) is 22.9 Å². The number of aromatic nitrogens is 3. The van der Waals surface area contributed by atoms with Gasteiger partial charge in [0.25, 0.3) is 5.17 Å². The summed E-state index contributed by atoms with van der Waals surface area (Å²) in [6.45, 7) is 1.54. The molecule has 0 N–H and O–H groups in total. The highest BCUT2D eigenvalue weighted by molar-refractivity contribution is 7.71. The predicted octanol–water partition coefficient (Wildman–Crippen LogP) is 1.67. The van der Waals surface area contributed by atoms with Gasteiger partial charge in [-0.05, 0) is 31.3 Å². The minimum Gasteiger partial charge on any atom is -0.461 e. The van der Waals surface area contributed by atoms with Gasteiger partial charge in [-0.2, -0.15) is 0 Å². The van der Waals surface area contributed by atoms with Gasteiger partial charge in [0, 0.05) is 14.1 Å². The van der Waals surface area contributed by atoms with Crippen LogP contribution in [-0.4, -0.2) is 37.4 Å².